The van der Waals surface area contributed by atoms with Crippen molar-refractivity contribution in [2.45, 2.75) is 13.5 Å². The van der Waals surface area contributed by atoms with Crippen molar-refractivity contribution in [3.05, 3.63) is 94.8 Å². The third kappa shape index (κ3) is 4.57. The lowest BCUT2D eigenvalue weighted by atomic mass is 10.0. The molecule has 0 atom stereocenters. The third-order valence-corrected chi connectivity index (χ3v) is 4.30. The summed E-state index contributed by atoms with van der Waals surface area (Å²) in [6.07, 6.45) is 1.63. The van der Waals surface area contributed by atoms with Gasteiger partial charge in [-0.1, -0.05) is 54.1 Å². The molecule has 140 valence electrons. The molecule has 0 aromatic heterocycles. The van der Waals surface area contributed by atoms with Gasteiger partial charge in [0.1, 0.15) is 12.4 Å². The van der Waals surface area contributed by atoms with E-state index in [1.54, 1.807) is 43.5 Å². The lowest BCUT2D eigenvalue weighted by Crippen LogP contribution is -1.98. The van der Waals surface area contributed by atoms with Gasteiger partial charge in [-0.3, -0.25) is 0 Å². The molecule has 3 aromatic carbocycles. The third-order valence-electron chi connectivity index (χ3n) is 4.30. The zero-order chi connectivity index (χ0) is 19.9. The zero-order valence-corrected chi connectivity index (χ0v) is 15.8. The highest BCUT2D eigenvalue weighted by Gasteiger charge is 2.09. The van der Waals surface area contributed by atoms with Gasteiger partial charge in [0.05, 0.1) is 18.8 Å². The maximum Gasteiger partial charge on any atom is 0.161 e. The molecule has 0 spiro atoms. The first-order valence-electron chi connectivity index (χ1n) is 8.84. The van der Waals surface area contributed by atoms with Crippen molar-refractivity contribution < 1.29 is 13.9 Å². The van der Waals surface area contributed by atoms with Crippen LogP contribution < -0.4 is 9.47 Å². The second-order valence-corrected chi connectivity index (χ2v) is 6.33. The lowest BCUT2D eigenvalue weighted by Gasteiger charge is -2.12. The number of rotatable bonds is 6. The molecule has 0 aliphatic carbocycles. The predicted octanol–water partition coefficient (Wildman–Crippen LogP) is 5.79. The molecular formula is C24H20FNO2. The average molecular weight is 373 g/mol. The van der Waals surface area contributed by atoms with Crippen LogP contribution in [0.5, 0.6) is 11.5 Å². The van der Waals surface area contributed by atoms with Crippen LogP contribution in [0.3, 0.4) is 0 Å². The number of nitrogens with zero attached hydrogens (tertiary/aromatic N) is 1. The Morgan fingerprint density at radius 2 is 1.79 bits per heavy atom. The molecule has 0 saturated heterocycles. The summed E-state index contributed by atoms with van der Waals surface area (Å²) in [5.74, 6) is 0.719. The van der Waals surface area contributed by atoms with E-state index >= 15 is 0 Å². The van der Waals surface area contributed by atoms with Crippen LogP contribution in [-0.4, -0.2) is 7.11 Å². The molecule has 0 aliphatic rings. The summed E-state index contributed by atoms with van der Waals surface area (Å²) < 4.78 is 25.3. The van der Waals surface area contributed by atoms with Crippen LogP contribution in [0, 0.1) is 24.1 Å². The quantitative estimate of drug-likeness (QED) is 0.406. The molecule has 4 heteroatoms. The normalized spacial score (nSPS) is 11.0. The average Bonchev–Trinajstić information content (AvgIpc) is 2.72. The van der Waals surface area contributed by atoms with Gasteiger partial charge in [0.15, 0.2) is 11.5 Å². The predicted molar refractivity (Wildman–Crippen MR) is 108 cm³/mol. The van der Waals surface area contributed by atoms with E-state index in [1.807, 2.05) is 37.3 Å². The van der Waals surface area contributed by atoms with Crippen LogP contribution in [0.15, 0.2) is 66.7 Å². The molecule has 3 aromatic rings. The SMILES string of the molecule is COc1cc(C=C(C#N)c2ccccc2F)ccc1OCc1ccc(C)cc1. The van der Waals surface area contributed by atoms with E-state index < -0.39 is 5.82 Å². The summed E-state index contributed by atoms with van der Waals surface area (Å²) in [6.45, 7) is 2.46. The molecular weight excluding hydrogens is 353 g/mol. The van der Waals surface area contributed by atoms with E-state index in [1.165, 1.54) is 11.6 Å². The van der Waals surface area contributed by atoms with Crippen LogP contribution in [0.4, 0.5) is 4.39 Å². The van der Waals surface area contributed by atoms with E-state index in [9.17, 15) is 9.65 Å². The number of hydrogen-bond acceptors (Lipinski definition) is 3. The summed E-state index contributed by atoms with van der Waals surface area (Å²) in [5, 5.41) is 9.44. The van der Waals surface area contributed by atoms with Gasteiger partial charge < -0.3 is 9.47 Å². The number of aryl methyl sites for hydroxylation is 1. The Morgan fingerprint density at radius 1 is 1.04 bits per heavy atom. The van der Waals surface area contributed by atoms with Gasteiger partial charge in [-0.15, -0.1) is 0 Å². The highest BCUT2D eigenvalue weighted by atomic mass is 19.1. The van der Waals surface area contributed by atoms with Gasteiger partial charge in [0.2, 0.25) is 0 Å². The van der Waals surface area contributed by atoms with E-state index in [-0.39, 0.29) is 11.1 Å². The zero-order valence-electron chi connectivity index (χ0n) is 15.8. The Labute approximate surface area is 164 Å². The molecule has 0 aliphatic heterocycles. The minimum Gasteiger partial charge on any atom is -0.493 e. The molecule has 3 rings (SSSR count). The molecule has 0 radical (unpaired) electrons. The van der Waals surface area contributed by atoms with E-state index in [0.29, 0.717) is 18.1 Å². The lowest BCUT2D eigenvalue weighted by molar-refractivity contribution is 0.284. The van der Waals surface area contributed by atoms with Gasteiger partial charge in [-0.2, -0.15) is 5.26 Å². The summed E-state index contributed by atoms with van der Waals surface area (Å²) in [6, 6.07) is 21.8. The van der Waals surface area contributed by atoms with Crippen molar-refractivity contribution in [2.75, 3.05) is 7.11 Å². The van der Waals surface area contributed by atoms with E-state index in [2.05, 4.69) is 6.07 Å². The Morgan fingerprint density at radius 3 is 2.46 bits per heavy atom. The van der Waals surface area contributed by atoms with Crippen molar-refractivity contribution in [2.24, 2.45) is 0 Å². The molecule has 0 bridgehead atoms. The highest BCUT2D eigenvalue weighted by Crippen LogP contribution is 2.31. The summed E-state index contributed by atoms with van der Waals surface area (Å²) in [5.41, 5.74) is 3.49. The summed E-state index contributed by atoms with van der Waals surface area (Å²) >= 11 is 0. The number of hydrogen-bond donors (Lipinski definition) is 0. The standard InChI is InChI=1S/C24H20FNO2/c1-17-7-9-18(10-8-17)16-28-23-12-11-19(14-24(23)27-2)13-20(15-26)21-5-3-4-6-22(21)25/h3-14H,16H2,1-2H3. The minimum atomic E-state index is -0.430. The second-order valence-electron chi connectivity index (χ2n) is 6.33. The largest absolute Gasteiger partial charge is 0.493 e. The second kappa shape index (κ2) is 8.88. The molecule has 0 fully saturated rings. The molecule has 0 amide bonds. The van der Waals surface area contributed by atoms with Crippen molar-refractivity contribution in [1.82, 2.24) is 0 Å². The van der Waals surface area contributed by atoms with Gasteiger partial charge in [0, 0.05) is 5.56 Å². The van der Waals surface area contributed by atoms with Gasteiger partial charge in [-0.25, -0.2) is 4.39 Å². The summed E-state index contributed by atoms with van der Waals surface area (Å²) in [7, 11) is 1.56. The molecule has 28 heavy (non-hydrogen) atoms. The number of nitriles is 1. The van der Waals surface area contributed by atoms with Crippen LogP contribution in [-0.2, 0) is 6.61 Å². The number of methoxy groups -OCH3 is 1. The molecule has 3 nitrogen and oxygen atoms in total. The van der Waals surface area contributed by atoms with Crippen LogP contribution in [0.2, 0.25) is 0 Å². The van der Waals surface area contributed by atoms with Crippen LogP contribution in [0.1, 0.15) is 22.3 Å². The Kier molecular flexibility index (Phi) is 6.08. The minimum absolute atomic E-state index is 0.244. The summed E-state index contributed by atoms with van der Waals surface area (Å²) in [4.78, 5) is 0. The fourth-order valence-corrected chi connectivity index (χ4v) is 2.76. The van der Waals surface area contributed by atoms with Crippen molar-refractivity contribution >= 4 is 11.6 Å². The van der Waals surface area contributed by atoms with Crippen molar-refractivity contribution in [3.8, 4) is 17.6 Å². The van der Waals surface area contributed by atoms with Crippen LogP contribution >= 0.6 is 0 Å². The van der Waals surface area contributed by atoms with Gasteiger partial charge in [-0.05, 0) is 42.3 Å². The first-order valence-corrected chi connectivity index (χ1v) is 8.84. The fourth-order valence-electron chi connectivity index (χ4n) is 2.76. The number of ether oxygens (including phenoxy) is 2. The topological polar surface area (TPSA) is 42.2 Å². The Balaban J connectivity index is 1.83. The molecule has 0 N–H and O–H groups in total. The first-order chi connectivity index (χ1) is 13.6. The number of allylic oxidation sites excluding steroid dienone is 1. The maximum atomic E-state index is 14.0. The van der Waals surface area contributed by atoms with Gasteiger partial charge in [0.25, 0.3) is 0 Å². The smallest absolute Gasteiger partial charge is 0.161 e. The number of halogens is 1. The van der Waals surface area contributed by atoms with E-state index in [0.717, 1.165) is 11.1 Å². The van der Waals surface area contributed by atoms with Crippen LogP contribution in [0.25, 0.3) is 11.6 Å². The first kappa shape index (κ1) is 19.2. The van der Waals surface area contributed by atoms with Crippen molar-refractivity contribution in [3.63, 3.8) is 0 Å². The fraction of sp³-hybridized carbons (Fsp3) is 0.125. The van der Waals surface area contributed by atoms with Crippen molar-refractivity contribution in [1.29, 1.82) is 5.26 Å². The highest BCUT2D eigenvalue weighted by molar-refractivity contribution is 5.90. The molecule has 0 heterocycles. The van der Waals surface area contributed by atoms with Gasteiger partial charge >= 0.3 is 0 Å². The Hall–Kier alpha value is -3.58. The molecule has 0 saturated carbocycles. The van der Waals surface area contributed by atoms with E-state index in [4.69, 9.17) is 9.47 Å². The Bertz CT molecular complexity index is 1030. The molecule has 0 unspecified atom stereocenters. The monoisotopic (exact) mass is 373 g/mol. The number of benzene rings is 3. The maximum absolute atomic E-state index is 14.0.